The Labute approximate surface area is 107 Å². The summed E-state index contributed by atoms with van der Waals surface area (Å²) in [6, 6.07) is 7.59. The lowest BCUT2D eigenvalue weighted by molar-refractivity contribution is -0.119. The Morgan fingerprint density at radius 2 is 2.06 bits per heavy atom. The van der Waals surface area contributed by atoms with Crippen LogP contribution < -0.4 is 4.90 Å². The van der Waals surface area contributed by atoms with Gasteiger partial charge in [0, 0.05) is 24.8 Å². The zero-order valence-corrected chi connectivity index (χ0v) is 10.4. The molecule has 4 heteroatoms. The third kappa shape index (κ3) is 3.09. The van der Waals surface area contributed by atoms with Crippen LogP contribution in [0.25, 0.3) is 0 Å². The molecule has 1 aromatic carbocycles. The number of nitrogens with zero attached hydrogens (tertiary/aromatic N) is 1. The normalized spacial score (nSPS) is 14.6. The van der Waals surface area contributed by atoms with Gasteiger partial charge in [0.2, 0.25) is 5.91 Å². The van der Waals surface area contributed by atoms with E-state index in [9.17, 15) is 4.79 Å². The maximum Gasteiger partial charge on any atom is 0.230 e. The zero-order valence-electron chi connectivity index (χ0n) is 10.4. The van der Waals surface area contributed by atoms with Crippen LogP contribution in [0.5, 0.6) is 0 Å². The van der Waals surface area contributed by atoms with Gasteiger partial charge in [-0.2, -0.15) is 0 Å². The molecule has 2 rings (SSSR count). The summed E-state index contributed by atoms with van der Waals surface area (Å²) in [5, 5.41) is 18.0. The van der Waals surface area contributed by atoms with E-state index in [1.807, 2.05) is 24.3 Å². The smallest absolute Gasteiger partial charge is 0.230 e. The van der Waals surface area contributed by atoms with Crippen molar-refractivity contribution >= 4 is 11.6 Å². The molecule has 98 valence electrons. The third-order valence-electron chi connectivity index (χ3n) is 3.14. The minimum Gasteiger partial charge on any atom is -0.396 e. The van der Waals surface area contributed by atoms with Gasteiger partial charge < -0.3 is 15.1 Å². The molecule has 0 heterocycles. The lowest BCUT2D eigenvalue weighted by Crippen LogP contribution is -2.34. The molecule has 1 amide bonds. The Kier molecular flexibility index (Phi) is 4.33. The van der Waals surface area contributed by atoms with Crippen LogP contribution >= 0.6 is 0 Å². The Hall–Kier alpha value is -1.39. The number of hydrogen-bond donors (Lipinski definition) is 2. The standard InChI is InChI=1S/C14H19NO3/c16-8-6-11-2-1-3-13(10-11)15(7-9-17)14(18)12-4-5-12/h1-3,10,12,16-17H,4-9H2. The maximum absolute atomic E-state index is 12.1. The summed E-state index contributed by atoms with van der Waals surface area (Å²) in [4.78, 5) is 13.8. The first-order chi connectivity index (χ1) is 8.76. The second-order valence-electron chi connectivity index (χ2n) is 4.63. The van der Waals surface area contributed by atoms with E-state index in [0.29, 0.717) is 13.0 Å². The van der Waals surface area contributed by atoms with E-state index >= 15 is 0 Å². The van der Waals surface area contributed by atoms with Crippen LogP contribution in [0.2, 0.25) is 0 Å². The first kappa shape index (κ1) is 13.1. The monoisotopic (exact) mass is 249 g/mol. The highest BCUT2D eigenvalue weighted by atomic mass is 16.3. The molecule has 0 radical (unpaired) electrons. The molecule has 0 aromatic heterocycles. The van der Waals surface area contributed by atoms with Crippen molar-refractivity contribution in [3.05, 3.63) is 29.8 Å². The van der Waals surface area contributed by atoms with Gasteiger partial charge in [0.15, 0.2) is 0 Å². The second kappa shape index (κ2) is 5.98. The summed E-state index contributed by atoms with van der Waals surface area (Å²) in [6.45, 7) is 0.390. The predicted octanol–water partition coefficient (Wildman–Crippen LogP) is 0.957. The first-order valence-electron chi connectivity index (χ1n) is 6.38. The number of aliphatic hydroxyl groups is 2. The lowest BCUT2D eigenvalue weighted by atomic mass is 10.1. The molecule has 1 aromatic rings. The molecule has 1 saturated carbocycles. The summed E-state index contributed by atoms with van der Waals surface area (Å²) in [5.74, 6) is 0.239. The van der Waals surface area contributed by atoms with E-state index < -0.39 is 0 Å². The van der Waals surface area contributed by atoms with Gasteiger partial charge in [-0.1, -0.05) is 12.1 Å². The van der Waals surface area contributed by atoms with Gasteiger partial charge in [-0.05, 0) is 37.0 Å². The molecule has 2 N–H and O–H groups in total. The Balaban J connectivity index is 2.18. The molecule has 0 atom stereocenters. The summed E-state index contributed by atoms with van der Waals surface area (Å²) in [7, 11) is 0. The quantitative estimate of drug-likeness (QED) is 0.789. The molecule has 0 spiro atoms. The van der Waals surface area contributed by atoms with Gasteiger partial charge in [0.05, 0.1) is 6.61 Å². The third-order valence-corrected chi connectivity index (χ3v) is 3.14. The number of aliphatic hydroxyl groups excluding tert-OH is 2. The SMILES string of the molecule is O=C(C1CC1)N(CCO)c1cccc(CCO)c1. The van der Waals surface area contributed by atoms with Crippen molar-refractivity contribution in [3.8, 4) is 0 Å². The van der Waals surface area contributed by atoms with Crippen LogP contribution in [0, 0.1) is 5.92 Å². The van der Waals surface area contributed by atoms with E-state index in [4.69, 9.17) is 10.2 Å². The van der Waals surface area contributed by atoms with Crippen LogP contribution in [-0.4, -0.2) is 35.9 Å². The van der Waals surface area contributed by atoms with Crippen LogP contribution in [0.15, 0.2) is 24.3 Å². The molecule has 1 aliphatic rings. The van der Waals surface area contributed by atoms with Gasteiger partial charge in [-0.25, -0.2) is 0 Å². The van der Waals surface area contributed by atoms with Crippen LogP contribution in [-0.2, 0) is 11.2 Å². The fourth-order valence-corrected chi connectivity index (χ4v) is 2.03. The molecule has 0 bridgehead atoms. The predicted molar refractivity (Wildman–Crippen MR) is 69.4 cm³/mol. The minimum atomic E-state index is -0.0390. The lowest BCUT2D eigenvalue weighted by Gasteiger charge is -2.22. The molecule has 0 aliphatic heterocycles. The zero-order chi connectivity index (χ0) is 13.0. The van der Waals surface area contributed by atoms with E-state index in [1.54, 1.807) is 4.90 Å². The molecule has 0 unspecified atom stereocenters. The molecule has 4 nitrogen and oxygen atoms in total. The van der Waals surface area contributed by atoms with E-state index in [-0.39, 0.29) is 25.0 Å². The van der Waals surface area contributed by atoms with Crippen molar-refractivity contribution in [2.45, 2.75) is 19.3 Å². The van der Waals surface area contributed by atoms with Crippen molar-refractivity contribution in [3.63, 3.8) is 0 Å². The summed E-state index contributed by atoms with van der Waals surface area (Å²) < 4.78 is 0. The van der Waals surface area contributed by atoms with E-state index in [0.717, 1.165) is 24.1 Å². The minimum absolute atomic E-state index is 0.0390. The fraction of sp³-hybridized carbons (Fsp3) is 0.500. The highest BCUT2D eigenvalue weighted by Gasteiger charge is 2.33. The number of anilines is 1. The number of hydrogen-bond acceptors (Lipinski definition) is 3. The summed E-state index contributed by atoms with van der Waals surface area (Å²) in [5.41, 5.74) is 1.81. The van der Waals surface area contributed by atoms with Crippen LogP contribution in [0.1, 0.15) is 18.4 Å². The topological polar surface area (TPSA) is 60.8 Å². The number of carbonyl (C=O) groups is 1. The van der Waals surface area contributed by atoms with Crippen molar-refractivity contribution in [1.29, 1.82) is 0 Å². The average molecular weight is 249 g/mol. The Morgan fingerprint density at radius 3 is 2.67 bits per heavy atom. The Bertz CT molecular complexity index is 415. The maximum atomic E-state index is 12.1. The first-order valence-corrected chi connectivity index (χ1v) is 6.38. The Morgan fingerprint density at radius 1 is 1.28 bits per heavy atom. The highest BCUT2D eigenvalue weighted by molar-refractivity contribution is 5.96. The van der Waals surface area contributed by atoms with Crippen molar-refractivity contribution in [2.24, 2.45) is 5.92 Å². The molecule has 1 fully saturated rings. The van der Waals surface area contributed by atoms with Gasteiger partial charge in [-0.15, -0.1) is 0 Å². The van der Waals surface area contributed by atoms with Crippen molar-refractivity contribution in [1.82, 2.24) is 0 Å². The second-order valence-corrected chi connectivity index (χ2v) is 4.63. The molecular weight excluding hydrogens is 230 g/mol. The highest BCUT2D eigenvalue weighted by Crippen LogP contribution is 2.32. The molecule has 18 heavy (non-hydrogen) atoms. The van der Waals surface area contributed by atoms with Gasteiger partial charge in [0.25, 0.3) is 0 Å². The number of carbonyl (C=O) groups excluding carboxylic acids is 1. The number of amides is 1. The van der Waals surface area contributed by atoms with Crippen LogP contribution in [0.3, 0.4) is 0 Å². The van der Waals surface area contributed by atoms with Gasteiger partial charge >= 0.3 is 0 Å². The molecule has 1 aliphatic carbocycles. The van der Waals surface area contributed by atoms with E-state index in [1.165, 1.54) is 0 Å². The largest absolute Gasteiger partial charge is 0.396 e. The molecule has 0 saturated heterocycles. The molecular formula is C14H19NO3. The number of benzene rings is 1. The van der Waals surface area contributed by atoms with Gasteiger partial charge in [-0.3, -0.25) is 4.79 Å². The number of rotatable bonds is 6. The van der Waals surface area contributed by atoms with Crippen molar-refractivity contribution in [2.75, 3.05) is 24.7 Å². The van der Waals surface area contributed by atoms with Crippen molar-refractivity contribution < 1.29 is 15.0 Å². The van der Waals surface area contributed by atoms with Gasteiger partial charge in [0.1, 0.15) is 0 Å². The average Bonchev–Trinajstić information content (AvgIpc) is 3.20. The van der Waals surface area contributed by atoms with E-state index in [2.05, 4.69) is 0 Å². The summed E-state index contributed by atoms with van der Waals surface area (Å²) in [6.07, 6.45) is 2.49. The van der Waals surface area contributed by atoms with Crippen LogP contribution in [0.4, 0.5) is 5.69 Å². The summed E-state index contributed by atoms with van der Waals surface area (Å²) >= 11 is 0. The fourth-order valence-electron chi connectivity index (χ4n) is 2.03.